The Morgan fingerprint density at radius 1 is 1.12 bits per heavy atom. The summed E-state index contributed by atoms with van der Waals surface area (Å²) in [5, 5.41) is 2.18. The van der Waals surface area contributed by atoms with Crippen molar-refractivity contribution in [1.82, 2.24) is 14.9 Å². The summed E-state index contributed by atoms with van der Waals surface area (Å²) < 4.78 is 5.40. The highest BCUT2D eigenvalue weighted by Gasteiger charge is 2.23. The Morgan fingerprint density at radius 2 is 1.96 bits per heavy atom. The number of aryl methyl sites for hydroxylation is 1. The Labute approximate surface area is 160 Å². The first-order valence-corrected chi connectivity index (χ1v) is 10.7. The Morgan fingerprint density at radius 3 is 2.73 bits per heavy atom. The first-order chi connectivity index (χ1) is 12.9. The van der Waals surface area contributed by atoms with E-state index in [-0.39, 0.29) is 0 Å². The lowest BCUT2D eigenvalue weighted by molar-refractivity contribution is 0.122. The Bertz CT molecular complexity index is 655. The van der Waals surface area contributed by atoms with E-state index in [0.717, 1.165) is 38.8 Å². The molecule has 0 bridgehead atoms. The summed E-state index contributed by atoms with van der Waals surface area (Å²) in [6.45, 7) is 5.47. The molecule has 0 amide bonds. The maximum absolute atomic E-state index is 5.40. The average Bonchev–Trinajstić information content (AvgIpc) is 3.22. The predicted molar refractivity (Wildman–Crippen MR) is 106 cm³/mol. The fourth-order valence-corrected chi connectivity index (χ4v) is 4.67. The number of ether oxygens (including phenoxy) is 1. The number of hydrogen-bond acceptors (Lipinski definition) is 6. The van der Waals surface area contributed by atoms with Crippen LogP contribution in [0.3, 0.4) is 0 Å². The number of morpholine rings is 1. The highest BCUT2D eigenvalue weighted by atomic mass is 32.1. The van der Waals surface area contributed by atoms with Gasteiger partial charge in [-0.25, -0.2) is 9.97 Å². The topological polar surface area (TPSA) is 41.5 Å². The van der Waals surface area contributed by atoms with Crippen LogP contribution in [-0.4, -0.2) is 53.8 Å². The second-order valence-electron chi connectivity index (χ2n) is 7.23. The van der Waals surface area contributed by atoms with E-state index in [0.29, 0.717) is 6.04 Å². The van der Waals surface area contributed by atoms with Crippen LogP contribution in [-0.2, 0) is 17.7 Å². The fourth-order valence-electron chi connectivity index (χ4n) is 3.95. The molecule has 5 nitrogen and oxygen atoms in total. The van der Waals surface area contributed by atoms with Crippen LogP contribution < -0.4 is 4.90 Å². The van der Waals surface area contributed by atoms with Crippen molar-refractivity contribution in [2.75, 3.05) is 37.7 Å². The van der Waals surface area contributed by atoms with E-state index >= 15 is 0 Å². The average molecular weight is 373 g/mol. The fraction of sp³-hybridized carbons (Fsp3) is 0.600. The van der Waals surface area contributed by atoms with Crippen LogP contribution in [0.1, 0.15) is 36.1 Å². The third-order valence-electron chi connectivity index (χ3n) is 5.42. The van der Waals surface area contributed by atoms with Gasteiger partial charge in [-0.15, -0.1) is 11.3 Å². The highest BCUT2D eigenvalue weighted by Crippen LogP contribution is 2.24. The number of hydrogen-bond donors (Lipinski definition) is 0. The van der Waals surface area contributed by atoms with Gasteiger partial charge in [-0.1, -0.05) is 12.5 Å². The molecule has 2 fully saturated rings. The van der Waals surface area contributed by atoms with Crippen molar-refractivity contribution < 1.29 is 4.74 Å². The number of likely N-dealkylation sites (tertiary alicyclic amines) is 1. The predicted octanol–water partition coefficient (Wildman–Crippen LogP) is 3.36. The number of aromatic nitrogens is 2. The summed E-state index contributed by atoms with van der Waals surface area (Å²) in [5.41, 5.74) is 1.23. The van der Waals surface area contributed by atoms with Crippen LogP contribution in [0.15, 0.2) is 29.9 Å². The summed E-state index contributed by atoms with van der Waals surface area (Å²) in [5.74, 6) is 0.838. The van der Waals surface area contributed by atoms with Gasteiger partial charge in [0.2, 0.25) is 5.95 Å². The van der Waals surface area contributed by atoms with Gasteiger partial charge in [0, 0.05) is 48.5 Å². The molecule has 4 heterocycles. The molecular weight excluding hydrogens is 344 g/mol. The van der Waals surface area contributed by atoms with Crippen molar-refractivity contribution >= 4 is 17.3 Å². The van der Waals surface area contributed by atoms with Crippen LogP contribution in [0.5, 0.6) is 0 Å². The van der Waals surface area contributed by atoms with Gasteiger partial charge in [-0.05, 0) is 43.7 Å². The summed E-state index contributed by atoms with van der Waals surface area (Å²) in [6, 6.07) is 5.10. The summed E-state index contributed by atoms with van der Waals surface area (Å²) in [6.07, 6.45) is 10.5. The van der Waals surface area contributed by atoms with Crippen LogP contribution >= 0.6 is 11.3 Å². The van der Waals surface area contributed by atoms with Crippen molar-refractivity contribution in [3.05, 3.63) is 40.3 Å². The highest BCUT2D eigenvalue weighted by molar-refractivity contribution is 7.09. The number of piperidine rings is 1. The van der Waals surface area contributed by atoms with Crippen LogP contribution in [0, 0.1) is 0 Å². The minimum Gasteiger partial charge on any atom is -0.378 e. The van der Waals surface area contributed by atoms with Crippen molar-refractivity contribution in [2.45, 2.75) is 44.7 Å². The minimum absolute atomic E-state index is 0.685. The molecule has 2 saturated heterocycles. The van der Waals surface area contributed by atoms with Gasteiger partial charge in [0.25, 0.3) is 0 Å². The third-order valence-corrected chi connectivity index (χ3v) is 6.36. The molecule has 2 aromatic rings. The second kappa shape index (κ2) is 8.93. The molecule has 140 valence electrons. The van der Waals surface area contributed by atoms with E-state index in [1.54, 1.807) is 0 Å². The van der Waals surface area contributed by atoms with E-state index in [1.165, 1.54) is 49.1 Å². The first kappa shape index (κ1) is 17.9. The van der Waals surface area contributed by atoms with Crippen LogP contribution in [0.2, 0.25) is 0 Å². The molecule has 1 atom stereocenters. The Balaban J connectivity index is 1.34. The van der Waals surface area contributed by atoms with Crippen molar-refractivity contribution in [3.8, 4) is 0 Å². The second-order valence-corrected chi connectivity index (χ2v) is 8.26. The number of nitrogens with zero attached hydrogens (tertiary/aromatic N) is 4. The van der Waals surface area contributed by atoms with Gasteiger partial charge in [0.1, 0.15) is 0 Å². The summed E-state index contributed by atoms with van der Waals surface area (Å²) >= 11 is 1.88. The van der Waals surface area contributed by atoms with Crippen molar-refractivity contribution in [1.29, 1.82) is 0 Å². The Hall–Kier alpha value is -1.50. The first-order valence-electron chi connectivity index (χ1n) is 9.78. The minimum atomic E-state index is 0.685. The molecule has 2 aromatic heterocycles. The van der Waals surface area contributed by atoms with Gasteiger partial charge < -0.3 is 9.64 Å². The van der Waals surface area contributed by atoms with Crippen molar-refractivity contribution in [2.24, 2.45) is 0 Å². The quantitative estimate of drug-likeness (QED) is 0.778. The Kier molecular flexibility index (Phi) is 6.14. The van der Waals surface area contributed by atoms with Crippen LogP contribution in [0.25, 0.3) is 0 Å². The molecule has 0 aliphatic carbocycles. The molecule has 2 aliphatic heterocycles. The van der Waals surface area contributed by atoms with Gasteiger partial charge in [0.05, 0.1) is 13.2 Å². The smallest absolute Gasteiger partial charge is 0.225 e. The lowest BCUT2D eigenvalue weighted by atomic mass is 9.97. The molecule has 0 spiro atoms. The zero-order valence-electron chi connectivity index (χ0n) is 15.3. The van der Waals surface area contributed by atoms with Crippen molar-refractivity contribution in [3.63, 3.8) is 0 Å². The number of anilines is 1. The maximum Gasteiger partial charge on any atom is 0.225 e. The summed E-state index contributed by atoms with van der Waals surface area (Å²) in [4.78, 5) is 15.6. The molecule has 0 aromatic carbocycles. The molecule has 0 N–H and O–H groups in total. The monoisotopic (exact) mass is 372 g/mol. The molecule has 26 heavy (non-hydrogen) atoms. The van der Waals surface area contributed by atoms with E-state index in [9.17, 15) is 0 Å². The zero-order chi connectivity index (χ0) is 17.6. The molecule has 2 aliphatic rings. The number of rotatable bonds is 6. The van der Waals surface area contributed by atoms with Gasteiger partial charge >= 0.3 is 0 Å². The molecule has 1 unspecified atom stereocenters. The molecule has 6 heteroatoms. The van der Waals surface area contributed by atoms with Gasteiger partial charge in [-0.3, -0.25) is 4.90 Å². The number of thiophene rings is 1. The normalized spacial score (nSPS) is 21.8. The van der Waals surface area contributed by atoms with E-state index in [2.05, 4.69) is 37.3 Å². The van der Waals surface area contributed by atoms with Gasteiger partial charge in [0.15, 0.2) is 0 Å². The molecular formula is C20H28N4OS. The SMILES string of the molecule is c1csc(CCC2CCCCN2Cc2cnc(N3CCOCC3)nc2)c1. The van der Waals surface area contributed by atoms with E-state index in [1.807, 2.05) is 23.7 Å². The molecule has 4 rings (SSSR count). The largest absolute Gasteiger partial charge is 0.378 e. The lowest BCUT2D eigenvalue weighted by Crippen LogP contribution is -2.39. The lowest BCUT2D eigenvalue weighted by Gasteiger charge is -2.35. The third kappa shape index (κ3) is 4.61. The zero-order valence-corrected chi connectivity index (χ0v) is 16.2. The molecule has 0 saturated carbocycles. The maximum atomic E-state index is 5.40. The standard InChI is InChI=1S/C20H28N4OS/c1-2-8-24(18(4-1)6-7-19-5-3-13-26-19)16-17-14-21-20(22-15-17)23-9-11-25-12-10-23/h3,5,13-15,18H,1-2,4,6-12,16H2. The molecule has 0 radical (unpaired) electrons. The van der Waals surface area contributed by atoms with E-state index < -0.39 is 0 Å². The van der Waals surface area contributed by atoms with Crippen LogP contribution in [0.4, 0.5) is 5.95 Å². The van der Waals surface area contributed by atoms with Gasteiger partial charge in [-0.2, -0.15) is 0 Å². The van der Waals surface area contributed by atoms with E-state index in [4.69, 9.17) is 4.74 Å². The summed E-state index contributed by atoms with van der Waals surface area (Å²) in [7, 11) is 0.